The minimum atomic E-state index is -0.0185. The molecule has 2 aromatic rings. The molecule has 0 spiro atoms. The molecule has 2 rings (SSSR count). The third kappa shape index (κ3) is 1.06. The number of hydrogen-bond acceptors (Lipinski definition) is 2. The highest BCUT2D eigenvalue weighted by molar-refractivity contribution is 5.38. The van der Waals surface area contributed by atoms with Crippen LogP contribution in [0.4, 0.5) is 0 Å². The van der Waals surface area contributed by atoms with Crippen molar-refractivity contribution in [3.8, 4) is 0 Å². The van der Waals surface area contributed by atoms with Crippen LogP contribution in [0.15, 0.2) is 23.3 Å². The van der Waals surface area contributed by atoms with Gasteiger partial charge in [-0.25, -0.2) is 14.2 Å². The molecule has 68 valence electrons. The Hall–Kier alpha value is -1.58. The van der Waals surface area contributed by atoms with Crippen molar-refractivity contribution in [2.24, 2.45) is 0 Å². The van der Waals surface area contributed by atoms with Crippen molar-refractivity contribution >= 4 is 5.65 Å². The summed E-state index contributed by atoms with van der Waals surface area (Å²) in [5.41, 5.74) is 1.57. The molecule has 0 bridgehead atoms. The fourth-order valence-electron chi connectivity index (χ4n) is 1.41. The van der Waals surface area contributed by atoms with E-state index in [4.69, 9.17) is 0 Å². The van der Waals surface area contributed by atoms with Crippen molar-refractivity contribution in [2.75, 3.05) is 0 Å². The van der Waals surface area contributed by atoms with Gasteiger partial charge in [0.2, 0.25) is 0 Å². The van der Waals surface area contributed by atoms with Crippen molar-refractivity contribution in [3.63, 3.8) is 0 Å². The van der Waals surface area contributed by atoms with Gasteiger partial charge in [-0.2, -0.15) is 0 Å². The molecule has 0 aliphatic heterocycles. The molecule has 0 amide bonds. The molecule has 2 heterocycles. The van der Waals surface area contributed by atoms with Gasteiger partial charge in [0.25, 0.3) is 0 Å². The van der Waals surface area contributed by atoms with Gasteiger partial charge in [-0.15, -0.1) is 0 Å². The van der Waals surface area contributed by atoms with Gasteiger partial charge in [-0.05, 0) is 19.9 Å². The number of imidazole rings is 1. The van der Waals surface area contributed by atoms with E-state index in [0.717, 1.165) is 5.69 Å². The molecular formula is C9H11N3O. The van der Waals surface area contributed by atoms with Crippen molar-refractivity contribution < 1.29 is 0 Å². The van der Waals surface area contributed by atoms with Gasteiger partial charge in [0, 0.05) is 24.6 Å². The summed E-state index contributed by atoms with van der Waals surface area (Å²) in [6, 6.07) is 1.85. The maximum absolute atomic E-state index is 11.7. The molecule has 4 nitrogen and oxygen atoms in total. The Kier molecular flexibility index (Phi) is 1.69. The Labute approximate surface area is 75.5 Å². The van der Waals surface area contributed by atoms with Crippen LogP contribution in [0.1, 0.15) is 12.6 Å². The Morgan fingerprint density at radius 3 is 3.00 bits per heavy atom. The van der Waals surface area contributed by atoms with Crippen molar-refractivity contribution in [1.82, 2.24) is 14.0 Å². The Balaban J connectivity index is 2.92. The van der Waals surface area contributed by atoms with E-state index in [2.05, 4.69) is 4.98 Å². The van der Waals surface area contributed by atoms with Gasteiger partial charge in [0.05, 0.1) is 0 Å². The zero-order valence-electron chi connectivity index (χ0n) is 7.69. The van der Waals surface area contributed by atoms with Crippen LogP contribution in [-0.4, -0.2) is 14.0 Å². The monoisotopic (exact) mass is 177 g/mol. The second-order valence-corrected chi connectivity index (χ2v) is 2.98. The smallest absolute Gasteiger partial charge is 0.301 e. The van der Waals surface area contributed by atoms with E-state index in [1.165, 1.54) is 0 Å². The van der Waals surface area contributed by atoms with E-state index < -0.39 is 0 Å². The van der Waals surface area contributed by atoms with E-state index in [9.17, 15) is 4.79 Å². The lowest BCUT2D eigenvalue weighted by molar-refractivity contribution is 0.684. The first-order valence-corrected chi connectivity index (χ1v) is 4.27. The lowest BCUT2D eigenvalue weighted by Crippen LogP contribution is -2.25. The molecule has 13 heavy (non-hydrogen) atoms. The van der Waals surface area contributed by atoms with Crippen LogP contribution in [0.3, 0.4) is 0 Å². The number of aryl methyl sites for hydroxylation is 2. The Bertz CT molecular complexity index is 495. The second-order valence-electron chi connectivity index (χ2n) is 2.98. The molecule has 0 radical (unpaired) electrons. The molecule has 0 atom stereocenters. The van der Waals surface area contributed by atoms with Crippen LogP contribution < -0.4 is 5.69 Å². The molecule has 0 unspecified atom stereocenters. The molecule has 0 N–H and O–H groups in total. The van der Waals surface area contributed by atoms with Crippen molar-refractivity contribution in [2.45, 2.75) is 20.4 Å². The largest absolute Gasteiger partial charge is 0.334 e. The highest BCUT2D eigenvalue weighted by atomic mass is 16.1. The lowest BCUT2D eigenvalue weighted by Gasteiger charge is -2.02. The van der Waals surface area contributed by atoms with Crippen LogP contribution in [-0.2, 0) is 6.54 Å². The normalized spacial score (nSPS) is 10.9. The first-order valence-electron chi connectivity index (χ1n) is 4.27. The van der Waals surface area contributed by atoms with E-state index in [1.54, 1.807) is 21.4 Å². The van der Waals surface area contributed by atoms with Crippen molar-refractivity contribution in [1.29, 1.82) is 0 Å². The SMILES string of the molecule is CCn1ccc2ncc(C)n2c1=O. The van der Waals surface area contributed by atoms with Gasteiger partial charge >= 0.3 is 5.69 Å². The molecule has 0 saturated carbocycles. The van der Waals surface area contributed by atoms with E-state index in [1.807, 2.05) is 19.9 Å². The summed E-state index contributed by atoms with van der Waals surface area (Å²) in [4.78, 5) is 15.8. The van der Waals surface area contributed by atoms with Crippen LogP contribution in [0.2, 0.25) is 0 Å². The van der Waals surface area contributed by atoms with Gasteiger partial charge in [-0.3, -0.25) is 0 Å². The summed E-state index contributed by atoms with van der Waals surface area (Å²) in [5, 5.41) is 0. The van der Waals surface area contributed by atoms with Crippen LogP contribution in [0.5, 0.6) is 0 Å². The predicted octanol–water partition coefficient (Wildman–Crippen LogP) is 0.824. The number of hydrogen-bond donors (Lipinski definition) is 0. The molecule has 0 aliphatic rings. The zero-order chi connectivity index (χ0) is 9.42. The fraction of sp³-hybridized carbons (Fsp3) is 0.333. The topological polar surface area (TPSA) is 39.3 Å². The first kappa shape index (κ1) is 8.04. The molecule has 0 aliphatic carbocycles. The number of nitrogens with zero attached hydrogens (tertiary/aromatic N) is 3. The highest BCUT2D eigenvalue weighted by Gasteiger charge is 2.03. The molecule has 2 aromatic heterocycles. The lowest BCUT2D eigenvalue weighted by atomic mass is 10.5. The molecule has 0 fully saturated rings. The van der Waals surface area contributed by atoms with Gasteiger partial charge in [0.1, 0.15) is 5.65 Å². The second kappa shape index (κ2) is 2.73. The average molecular weight is 177 g/mol. The van der Waals surface area contributed by atoms with E-state index >= 15 is 0 Å². The Morgan fingerprint density at radius 2 is 2.31 bits per heavy atom. The van der Waals surface area contributed by atoms with Crippen LogP contribution in [0.25, 0.3) is 5.65 Å². The standard InChI is InChI=1S/C9H11N3O/c1-3-11-5-4-8-10-6-7(2)12(8)9(11)13/h4-6H,3H2,1-2H3. The quantitative estimate of drug-likeness (QED) is 0.647. The van der Waals surface area contributed by atoms with Crippen LogP contribution >= 0.6 is 0 Å². The third-order valence-corrected chi connectivity index (χ3v) is 2.15. The summed E-state index contributed by atoms with van der Waals surface area (Å²) in [7, 11) is 0. The summed E-state index contributed by atoms with van der Waals surface area (Å²) in [5.74, 6) is 0. The van der Waals surface area contributed by atoms with E-state index in [-0.39, 0.29) is 5.69 Å². The number of fused-ring (bicyclic) bond motifs is 1. The number of aromatic nitrogens is 3. The maximum atomic E-state index is 11.7. The number of rotatable bonds is 1. The van der Waals surface area contributed by atoms with Crippen LogP contribution in [0, 0.1) is 6.92 Å². The third-order valence-electron chi connectivity index (χ3n) is 2.15. The molecule has 0 saturated heterocycles. The fourth-order valence-corrected chi connectivity index (χ4v) is 1.41. The summed E-state index contributed by atoms with van der Waals surface area (Å²) >= 11 is 0. The van der Waals surface area contributed by atoms with Gasteiger partial charge < -0.3 is 4.57 Å². The van der Waals surface area contributed by atoms with E-state index in [0.29, 0.717) is 12.2 Å². The maximum Gasteiger partial charge on any atom is 0.334 e. The molecule has 4 heteroatoms. The Morgan fingerprint density at radius 1 is 1.54 bits per heavy atom. The summed E-state index contributed by atoms with van der Waals surface area (Å²) in [6.07, 6.45) is 3.47. The van der Waals surface area contributed by atoms with Crippen molar-refractivity contribution in [3.05, 3.63) is 34.6 Å². The van der Waals surface area contributed by atoms with Gasteiger partial charge in [-0.1, -0.05) is 0 Å². The molecular weight excluding hydrogens is 166 g/mol. The summed E-state index contributed by atoms with van der Waals surface area (Å²) in [6.45, 7) is 4.51. The summed E-state index contributed by atoms with van der Waals surface area (Å²) < 4.78 is 3.27. The molecule has 0 aromatic carbocycles. The zero-order valence-corrected chi connectivity index (χ0v) is 7.69. The minimum Gasteiger partial charge on any atom is -0.301 e. The minimum absolute atomic E-state index is 0.0185. The average Bonchev–Trinajstić information content (AvgIpc) is 2.49. The highest BCUT2D eigenvalue weighted by Crippen LogP contribution is 2.00. The predicted molar refractivity (Wildman–Crippen MR) is 49.9 cm³/mol. The van der Waals surface area contributed by atoms with Gasteiger partial charge in [0.15, 0.2) is 0 Å². The first-order chi connectivity index (χ1) is 6.24.